The molecule has 2 N–H and O–H groups in total. The number of rotatable bonds is 9. The highest BCUT2D eigenvalue weighted by molar-refractivity contribution is 7.89. The third kappa shape index (κ3) is 7.20. The van der Waals surface area contributed by atoms with Crippen LogP contribution in [0.4, 0.5) is 0 Å². The Labute approximate surface area is 176 Å². The fourth-order valence-corrected chi connectivity index (χ4v) is 3.54. The van der Waals surface area contributed by atoms with Crippen molar-refractivity contribution >= 4 is 21.8 Å². The third-order valence-corrected chi connectivity index (χ3v) is 5.33. The fraction of sp³-hybridized carbons (Fsp3) is 0.400. The van der Waals surface area contributed by atoms with E-state index in [9.17, 15) is 18.0 Å². The molecule has 0 atom stereocenters. The average Bonchev–Trinajstić information content (AvgIpc) is 3.17. The van der Waals surface area contributed by atoms with Crippen LogP contribution in [0.3, 0.4) is 0 Å². The first-order valence-corrected chi connectivity index (χ1v) is 10.7. The van der Waals surface area contributed by atoms with E-state index in [0.29, 0.717) is 11.5 Å². The maximum Gasteiger partial charge on any atom is 0.241 e. The number of carbonyl (C=O) groups excluding carboxylic acids is 2. The van der Waals surface area contributed by atoms with Gasteiger partial charge >= 0.3 is 0 Å². The predicted octanol–water partition coefficient (Wildman–Crippen LogP) is 1.51. The van der Waals surface area contributed by atoms with Crippen LogP contribution in [0.25, 0.3) is 0 Å². The Hall–Kier alpha value is -2.85. The van der Waals surface area contributed by atoms with Crippen LogP contribution in [-0.4, -0.2) is 50.9 Å². The van der Waals surface area contributed by atoms with Crippen molar-refractivity contribution in [3.63, 3.8) is 0 Å². The summed E-state index contributed by atoms with van der Waals surface area (Å²) in [5.74, 6) is 0.0670. The van der Waals surface area contributed by atoms with Gasteiger partial charge in [0.25, 0.3) is 0 Å². The van der Waals surface area contributed by atoms with E-state index in [1.807, 2.05) is 20.8 Å². The van der Waals surface area contributed by atoms with Crippen molar-refractivity contribution < 1.29 is 27.2 Å². The maximum atomic E-state index is 12.7. The summed E-state index contributed by atoms with van der Waals surface area (Å²) in [6, 6.07) is 9.11. The molecule has 2 aromatic rings. The van der Waals surface area contributed by atoms with Crippen LogP contribution in [0.15, 0.2) is 52.0 Å². The summed E-state index contributed by atoms with van der Waals surface area (Å²) in [6.45, 7) is 4.78. The minimum atomic E-state index is -3.91. The monoisotopic (exact) mass is 437 g/mol. The Morgan fingerprint density at radius 1 is 1.13 bits per heavy atom. The van der Waals surface area contributed by atoms with E-state index in [1.54, 1.807) is 12.1 Å². The molecular weight excluding hydrogens is 410 g/mol. The molecule has 1 aromatic carbocycles. The lowest BCUT2D eigenvalue weighted by atomic mass is 10.1. The van der Waals surface area contributed by atoms with Crippen molar-refractivity contribution in [2.75, 3.05) is 20.2 Å². The molecule has 2 amide bonds. The maximum absolute atomic E-state index is 12.7. The van der Waals surface area contributed by atoms with Crippen LogP contribution in [0.2, 0.25) is 0 Å². The third-order valence-electron chi connectivity index (χ3n) is 3.91. The second-order valence-corrected chi connectivity index (χ2v) is 9.39. The molecule has 0 aliphatic heterocycles. The first kappa shape index (κ1) is 23.4. The Morgan fingerprint density at radius 2 is 1.80 bits per heavy atom. The van der Waals surface area contributed by atoms with E-state index in [4.69, 9.17) is 9.15 Å². The van der Waals surface area contributed by atoms with Gasteiger partial charge in [-0.2, -0.15) is 0 Å². The number of methoxy groups -OCH3 is 1. The number of amides is 2. The van der Waals surface area contributed by atoms with E-state index in [1.165, 1.54) is 42.5 Å². The Bertz CT molecular complexity index is 947. The van der Waals surface area contributed by atoms with Crippen LogP contribution < -0.4 is 14.8 Å². The van der Waals surface area contributed by atoms with Crippen LogP contribution in [0.1, 0.15) is 26.5 Å². The lowest BCUT2D eigenvalue weighted by Crippen LogP contribution is -2.48. The van der Waals surface area contributed by atoms with Gasteiger partial charge in [0.05, 0.1) is 31.4 Å². The van der Waals surface area contributed by atoms with Crippen molar-refractivity contribution in [2.24, 2.45) is 0 Å². The molecule has 0 spiro atoms. The van der Waals surface area contributed by atoms with Gasteiger partial charge in [-0.05, 0) is 57.2 Å². The molecule has 0 fully saturated rings. The number of benzene rings is 1. The number of sulfonamides is 1. The van der Waals surface area contributed by atoms with E-state index in [-0.39, 0.29) is 23.9 Å². The number of hydrogen-bond acceptors (Lipinski definition) is 6. The molecule has 0 aliphatic rings. The highest BCUT2D eigenvalue weighted by Gasteiger charge is 2.23. The van der Waals surface area contributed by atoms with E-state index < -0.39 is 28.0 Å². The van der Waals surface area contributed by atoms with E-state index >= 15 is 0 Å². The first-order valence-electron chi connectivity index (χ1n) is 9.25. The molecule has 1 heterocycles. The van der Waals surface area contributed by atoms with Crippen LogP contribution in [0.5, 0.6) is 5.75 Å². The quantitative estimate of drug-likeness (QED) is 0.614. The second kappa shape index (κ2) is 9.77. The zero-order chi connectivity index (χ0) is 22.4. The summed E-state index contributed by atoms with van der Waals surface area (Å²) >= 11 is 0. The fourth-order valence-electron chi connectivity index (χ4n) is 2.56. The summed E-state index contributed by atoms with van der Waals surface area (Å²) in [5.41, 5.74) is -0.466. The molecule has 10 heteroatoms. The van der Waals surface area contributed by atoms with Gasteiger partial charge in [0.15, 0.2) is 0 Å². The highest BCUT2D eigenvalue weighted by Crippen LogP contribution is 2.15. The van der Waals surface area contributed by atoms with Gasteiger partial charge in [-0.25, -0.2) is 13.1 Å². The molecule has 0 unspecified atom stereocenters. The summed E-state index contributed by atoms with van der Waals surface area (Å²) < 4.78 is 37.5. The predicted molar refractivity (Wildman–Crippen MR) is 110 cm³/mol. The van der Waals surface area contributed by atoms with Gasteiger partial charge in [-0.3, -0.25) is 9.59 Å². The standard InChI is InChI=1S/C20H27N3O6S/c1-20(2,3)22-18(24)14-23(13-16-6-5-11-29-16)19(25)12-21-30(26,27)17-9-7-15(28-4)8-10-17/h5-11,21H,12-14H2,1-4H3,(H,22,24). The lowest BCUT2D eigenvalue weighted by Gasteiger charge is -2.25. The molecule has 0 aliphatic carbocycles. The summed E-state index contributed by atoms with van der Waals surface area (Å²) in [4.78, 5) is 26.2. The molecule has 0 radical (unpaired) electrons. The van der Waals surface area contributed by atoms with Crippen LogP contribution in [-0.2, 0) is 26.2 Å². The molecule has 0 saturated heterocycles. The summed E-state index contributed by atoms with van der Waals surface area (Å²) in [6.07, 6.45) is 1.46. The van der Waals surface area contributed by atoms with Crippen molar-refractivity contribution in [2.45, 2.75) is 37.8 Å². The molecule has 9 nitrogen and oxygen atoms in total. The number of furan rings is 1. The highest BCUT2D eigenvalue weighted by atomic mass is 32.2. The minimum Gasteiger partial charge on any atom is -0.497 e. The number of ether oxygens (including phenoxy) is 1. The SMILES string of the molecule is COc1ccc(S(=O)(=O)NCC(=O)N(CC(=O)NC(C)(C)C)Cc2ccco2)cc1. The second-order valence-electron chi connectivity index (χ2n) is 7.63. The molecule has 1 aromatic heterocycles. The molecule has 0 bridgehead atoms. The summed E-state index contributed by atoms with van der Waals surface area (Å²) in [5, 5.41) is 2.78. The van der Waals surface area contributed by atoms with Gasteiger partial charge in [0, 0.05) is 5.54 Å². The number of nitrogens with zero attached hydrogens (tertiary/aromatic N) is 1. The van der Waals surface area contributed by atoms with Crippen molar-refractivity contribution in [3.8, 4) is 5.75 Å². The molecule has 2 rings (SSSR count). The normalized spacial score (nSPS) is 11.7. The van der Waals surface area contributed by atoms with Crippen LogP contribution >= 0.6 is 0 Å². The summed E-state index contributed by atoms with van der Waals surface area (Å²) in [7, 11) is -2.43. The molecular formula is C20H27N3O6S. The van der Waals surface area contributed by atoms with Gasteiger partial charge in [0.1, 0.15) is 18.1 Å². The zero-order valence-corrected chi connectivity index (χ0v) is 18.3. The largest absolute Gasteiger partial charge is 0.497 e. The first-order chi connectivity index (χ1) is 14.0. The topological polar surface area (TPSA) is 118 Å². The van der Waals surface area contributed by atoms with Crippen molar-refractivity contribution in [1.29, 1.82) is 0 Å². The average molecular weight is 438 g/mol. The smallest absolute Gasteiger partial charge is 0.241 e. The minimum absolute atomic E-state index is 0.000778. The number of carbonyl (C=O) groups is 2. The van der Waals surface area contributed by atoms with Gasteiger partial charge in [-0.1, -0.05) is 0 Å². The Kier molecular flexibility index (Phi) is 7.63. The molecule has 164 valence electrons. The lowest BCUT2D eigenvalue weighted by molar-refractivity contribution is -0.136. The zero-order valence-electron chi connectivity index (χ0n) is 17.5. The van der Waals surface area contributed by atoms with Crippen LogP contribution in [0, 0.1) is 0 Å². The Morgan fingerprint density at radius 3 is 2.33 bits per heavy atom. The van der Waals surface area contributed by atoms with Gasteiger partial charge < -0.3 is 19.4 Å². The van der Waals surface area contributed by atoms with Gasteiger partial charge in [-0.15, -0.1) is 0 Å². The Balaban J connectivity index is 2.07. The van der Waals surface area contributed by atoms with E-state index in [2.05, 4.69) is 10.0 Å². The number of nitrogens with one attached hydrogen (secondary N) is 2. The van der Waals surface area contributed by atoms with Gasteiger partial charge in [0.2, 0.25) is 21.8 Å². The molecule has 30 heavy (non-hydrogen) atoms. The molecule has 0 saturated carbocycles. The van der Waals surface area contributed by atoms with Crippen molar-refractivity contribution in [1.82, 2.24) is 14.9 Å². The van der Waals surface area contributed by atoms with E-state index in [0.717, 1.165) is 0 Å². The number of hydrogen-bond donors (Lipinski definition) is 2. The van der Waals surface area contributed by atoms with Crippen molar-refractivity contribution in [3.05, 3.63) is 48.4 Å².